The molecule has 6 heteroatoms. The number of carbonyl (C=O) groups is 1. The van der Waals surface area contributed by atoms with Crippen LogP contribution in [0.15, 0.2) is 72.8 Å². The number of carbonyl (C=O) groups excluding carboxylic acids is 1. The van der Waals surface area contributed by atoms with E-state index in [4.69, 9.17) is 0 Å². The summed E-state index contributed by atoms with van der Waals surface area (Å²) in [5, 5.41) is 25.2. The van der Waals surface area contributed by atoms with E-state index in [0.717, 1.165) is 71.9 Å². The quantitative estimate of drug-likeness (QED) is 0.268. The van der Waals surface area contributed by atoms with Crippen molar-refractivity contribution in [2.24, 2.45) is 5.92 Å². The van der Waals surface area contributed by atoms with Gasteiger partial charge in [0, 0.05) is 28.2 Å². The van der Waals surface area contributed by atoms with Crippen LogP contribution in [0.4, 0.5) is 5.69 Å². The molecule has 2 aliphatic rings. The molecule has 2 fully saturated rings. The topological polar surface area (TPSA) is 90.0 Å². The zero-order valence-electron chi connectivity index (χ0n) is 20.3. The standard InChI is InChI=1S/C30H32N4O2/c35-25-15-13-24(14-16-25)31-23-11-8-21(9-12-23)29-26-18-22(10-17-27(26)33-34-29)30(36)32-28(20-6-7-20)19-4-2-1-3-5-19/h1-5,8-12,17-18,20,24-25,28,31,35H,6-7,13-16H2,(H,32,36)(H,33,34)/t24-,25-,28?. The third-order valence-electron chi connectivity index (χ3n) is 7.59. The van der Waals surface area contributed by atoms with Crippen LogP contribution in [0.5, 0.6) is 0 Å². The Hall–Kier alpha value is -3.64. The van der Waals surface area contributed by atoms with E-state index in [-0.39, 0.29) is 18.1 Å². The number of fused-ring (bicyclic) bond motifs is 1. The smallest absolute Gasteiger partial charge is 0.251 e. The van der Waals surface area contributed by atoms with Crippen molar-refractivity contribution in [1.82, 2.24) is 15.5 Å². The largest absolute Gasteiger partial charge is 0.393 e. The van der Waals surface area contributed by atoms with Gasteiger partial charge in [-0.15, -0.1) is 0 Å². The zero-order chi connectivity index (χ0) is 24.5. The number of aromatic nitrogens is 2. The molecule has 1 amide bonds. The fraction of sp³-hybridized carbons (Fsp3) is 0.333. The number of nitrogens with zero attached hydrogens (tertiary/aromatic N) is 1. The van der Waals surface area contributed by atoms with Gasteiger partial charge in [-0.3, -0.25) is 9.89 Å². The third kappa shape index (κ3) is 4.86. The number of aromatic amines is 1. The summed E-state index contributed by atoms with van der Waals surface area (Å²) >= 11 is 0. The number of rotatable bonds is 7. The molecule has 36 heavy (non-hydrogen) atoms. The van der Waals surface area contributed by atoms with Crippen molar-refractivity contribution in [2.45, 2.75) is 56.7 Å². The second-order valence-electron chi connectivity index (χ2n) is 10.3. The maximum atomic E-state index is 13.3. The fourth-order valence-electron chi connectivity index (χ4n) is 5.34. The molecular weight excluding hydrogens is 448 g/mol. The van der Waals surface area contributed by atoms with Gasteiger partial charge in [-0.05, 0) is 80.3 Å². The Morgan fingerprint density at radius 2 is 1.67 bits per heavy atom. The molecular formula is C30H32N4O2. The summed E-state index contributed by atoms with van der Waals surface area (Å²) in [6.07, 6.45) is 5.85. The lowest BCUT2D eigenvalue weighted by Gasteiger charge is -2.27. The van der Waals surface area contributed by atoms with Gasteiger partial charge in [0.05, 0.1) is 23.4 Å². The van der Waals surface area contributed by atoms with Crippen LogP contribution < -0.4 is 10.6 Å². The van der Waals surface area contributed by atoms with Crippen molar-refractivity contribution in [1.29, 1.82) is 0 Å². The lowest BCUT2D eigenvalue weighted by atomic mass is 9.93. The van der Waals surface area contributed by atoms with Crippen molar-refractivity contribution >= 4 is 22.5 Å². The second-order valence-corrected chi connectivity index (χ2v) is 10.3. The summed E-state index contributed by atoms with van der Waals surface area (Å²) in [6.45, 7) is 0. The number of H-pyrrole nitrogens is 1. The van der Waals surface area contributed by atoms with E-state index in [1.54, 1.807) is 0 Å². The van der Waals surface area contributed by atoms with Crippen molar-refractivity contribution in [2.75, 3.05) is 5.32 Å². The molecule has 0 radical (unpaired) electrons. The monoisotopic (exact) mass is 480 g/mol. The maximum Gasteiger partial charge on any atom is 0.251 e. The first-order chi connectivity index (χ1) is 17.6. The Balaban J connectivity index is 1.20. The van der Waals surface area contributed by atoms with Crippen LogP contribution in [-0.4, -0.2) is 33.4 Å². The highest BCUT2D eigenvalue weighted by molar-refractivity contribution is 6.01. The highest BCUT2D eigenvalue weighted by atomic mass is 16.3. The summed E-state index contributed by atoms with van der Waals surface area (Å²) in [6, 6.07) is 24.7. The Bertz CT molecular complexity index is 1340. The molecule has 1 unspecified atom stereocenters. The molecule has 0 saturated heterocycles. The molecule has 3 aromatic carbocycles. The number of aliphatic hydroxyl groups excluding tert-OH is 1. The molecule has 6 nitrogen and oxygen atoms in total. The van der Waals surface area contributed by atoms with Gasteiger partial charge in [-0.2, -0.15) is 5.10 Å². The van der Waals surface area contributed by atoms with Crippen LogP contribution >= 0.6 is 0 Å². The van der Waals surface area contributed by atoms with E-state index in [0.29, 0.717) is 17.5 Å². The molecule has 0 bridgehead atoms. The predicted octanol–water partition coefficient (Wildman–Crippen LogP) is 5.83. The molecule has 2 saturated carbocycles. The van der Waals surface area contributed by atoms with Gasteiger partial charge in [0.15, 0.2) is 0 Å². The molecule has 1 atom stereocenters. The fourth-order valence-corrected chi connectivity index (χ4v) is 5.34. The molecule has 1 heterocycles. The number of nitrogens with one attached hydrogen (secondary N) is 3. The van der Waals surface area contributed by atoms with Crippen LogP contribution in [-0.2, 0) is 0 Å². The normalized spacial score (nSPS) is 20.7. The molecule has 2 aliphatic carbocycles. The minimum atomic E-state index is -0.150. The van der Waals surface area contributed by atoms with Crippen LogP contribution in [0.25, 0.3) is 22.2 Å². The van der Waals surface area contributed by atoms with Crippen molar-refractivity contribution in [3.05, 3.63) is 83.9 Å². The van der Waals surface area contributed by atoms with E-state index < -0.39 is 0 Å². The molecule has 1 aromatic heterocycles. The van der Waals surface area contributed by atoms with Gasteiger partial charge in [0.2, 0.25) is 0 Å². The Morgan fingerprint density at radius 3 is 2.39 bits per heavy atom. The molecule has 6 rings (SSSR count). The SMILES string of the molecule is O=C(NC(c1ccccc1)C1CC1)c1ccc2[nH]nc(-c3ccc(N[C@H]4CC[C@H](O)CC4)cc3)c2c1. The van der Waals surface area contributed by atoms with Gasteiger partial charge >= 0.3 is 0 Å². The van der Waals surface area contributed by atoms with E-state index >= 15 is 0 Å². The highest BCUT2D eigenvalue weighted by Crippen LogP contribution is 2.41. The average Bonchev–Trinajstić information content (AvgIpc) is 3.67. The summed E-state index contributed by atoms with van der Waals surface area (Å²) in [5.74, 6) is 0.456. The predicted molar refractivity (Wildman–Crippen MR) is 143 cm³/mol. The Morgan fingerprint density at radius 1 is 0.917 bits per heavy atom. The van der Waals surface area contributed by atoms with Crippen LogP contribution in [0.1, 0.15) is 60.5 Å². The van der Waals surface area contributed by atoms with Gasteiger partial charge < -0.3 is 15.7 Å². The maximum absolute atomic E-state index is 13.3. The summed E-state index contributed by atoms with van der Waals surface area (Å²) in [7, 11) is 0. The number of benzene rings is 3. The number of hydrogen-bond donors (Lipinski definition) is 4. The molecule has 4 aromatic rings. The summed E-state index contributed by atoms with van der Waals surface area (Å²) < 4.78 is 0. The van der Waals surface area contributed by atoms with Crippen molar-refractivity contribution in [3.8, 4) is 11.3 Å². The molecule has 0 aliphatic heterocycles. The zero-order valence-corrected chi connectivity index (χ0v) is 20.3. The van der Waals surface area contributed by atoms with Gasteiger partial charge in [0.1, 0.15) is 0 Å². The summed E-state index contributed by atoms with van der Waals surface area (Å²) in [4.78, 5) is 13.3. The first-order valence-electron chi connectivity index (χ1n) is 13.0. The number of hydrogen-bond acceptors (Lipinski definition) is 4. The molecule has 184 valence electrons. The molecule has 0 spiro atoms. The minimum absolute atomic E-state index is 0.0469. The van der Waals surface area contributed by atoms with E-state index in [2.05, 4.69) is 57.2 Å². The Kier molecular flexibility index (Phi) is 6.20. The minimum Gasteiger partial charge on any atom is -0.393 e. The lowest BCUT2D eigenvalue weighted by Crippen LogP contribution is -2.29. The van der Waals surface area contributed by atoms with Gasteiger partial charge in [-0.1, -0.05) is 42.5 Å². The second kappa shape index (κ2) is 9.78. The average molecular weight is 481 g/mol. The Labute approximate surface area is 211 Å². The number of amides is 1. The van der Waals surface area contributed by atoms with E-state index in [1.165, 1.54) is 0 Å². The summed E-state index contributed by atoms with van der Waals surface area (Å²) in [5.41, 5.74) is 5.64. The number of aliphatic hydroxyl groups is 1. The lowest BCUT2D eigenvalue weighted by molar-refractivity contribution is 0.0931. The highest BCUT2D eigenvalue weighted by Gasteiger charge is 2.33. The van der Waals surface area contributed by atoms with Crippen LogP contribution in [0.2, 0.25) is 0 Å². The third-order valence-corrected chi connectivity index (χ3v) is 7.59. The first kappa shape index (κ1) is 22.8. The van der Waals surface area contributed by atoms with Crippen LogP contribution in [0, 0.1) is 5.92 Å². The molecule has 4 N–H and O–H groups in total. The van der Waals surface area contributed by atoms with E-state index in [9.17, 15) is 9.90 Å². The van der Waals surface area contributed by atoms with Crippen molar-refractivity contribution in [3.63, 3.8) is 0 Å². The first-order valence-corrected chi connectivity index (χ1v) is 13.0. The van der Waals surface area contributed by atoms with Gasteiger partial charge in [-0.25, -0.2) is 0 Å². The van der Waals surface area contributed by atoms with E-state index in [1.807, 2.05) is 36.4 Å². The van der Waals surface area contributed by atoms with Crippen molar-refractivity contribution < 1.29 is 9.90 Å². The number of anilines is 1. The van der Waals surface area contributed by atoms with Crippen LogP contribution in [0.3, 0.4) is 0 Å². The van der Waals surface area contributed by atoms with Gasteiger partial charge in [0.25, 0.3) is 5.91 Å².